The molecule has 0 saturated carbocycles. The van der Waals surface area contributed by atoms with Gasteiger partial charge in [0.25, 0.3) is 0 Å². The zero-order chi connectivity index (χ0) is 25.0. The molecule has 7 nitrogen and oxygen atoms in total. The van der Waals surface area contributed by atoms with Gasteiger partial charge in [-0.3, -0.25) is 4.79 Å². The van der Waals surface area contributed by atoms with Crippen LogP contribution in [0.15, 0.2) is 63.2 Å². The number of carbonyl (C=O) groups excluding carboxylic acids is 1. The number of nitrogens with one attached hydrogen (secondary N) is 1. The minimum absolute atomic E-state index is 0. The second-order valence-electron chi connectivity index (χ2n) is 9.06. The highest BCUT2D eigenvalue weighted by atomic mass is 35.5. The van der Waals surface area contributed by atoms with Gasteiger partial charge in [0.1, 0.15) is 0 Å². The third-order valence-corrected chi connectivity index (χ3v) is 9.57. The van der Waals surface area contributed by atoms with Gasteiger partial charge >= 0.3 is 0 Å². The number of nitrogens with zero attached hydrogens (tertiary/aromatic N) is 3. The molecule has 0 aliphatic carbocycles. The van der Waals surface area contributed by atoms with Crippen LogP contribution in [0.5, 0.6) is 0 Å². The Kier molecular flexibility index (Phi) is 12.0. The fourth-order valence-corrected chi connectivity index (χ4v) is 6.47. The number of benzene rings is 2. The zero-order valence-electron chi connectivity index (χ0n) is 21.5. The number of hydrogen-bond donors (Lipinski definition) is 1. The lowest BCUT2D eigenvalue weighted by molar-refractivity contribution is -0.121. The highest BCUT2D eigenvalue weighted by Crippen LogP contribution is 2.46. The number of sulfonamides is 1. The average Bonchev–Trinajstić information content (AvgIpc) is 2.87. The van der Waals surface area contributed by atoms with E-state index in [4.69, 9.17) is 0 Å². The van der Waals surface area contributed by atoms with E-state index < -0.39 is 10.0 Å². The number of amides is 1. The Labute approximate surface area is 237 Å². The normalized spacial score (nSPS) is 16.9. The monoisotopic (exact) mass is 586 g/mol. The summed E-state index contributed by atoms with van der Waals surface area (Å²) in [7, 11) is 1.30. The van der Waals surface area contributed by atoms with Gasteiger partial charge in [0, 0.05) is 76.6 Å². The van der Waals surface area contributed by atoms with E-state index in [1.54, 1.807) is 39.0 Å². The van der Waals surface area contributed by atoms with Gasteiger partial charge in [0.2, 0.25) is 15.9 Å². The van der Waals surface area contributed by atoms with Gasteiger partial charge < -0.3 is 15.1 Å². The molecule has 0 spiro atoms. The van der Waals surface area contributed by atoms with Crippen molar-refractivity contribution in [2.75, 3.05) is 60.4 Å². The van der Waals surface area contributed by atoms with Crippen molar-refractivity contribution in [3.8, 4) is 0 Å². The molecule has 1 N–H and O–H groups in total. The number of halogens is 2. The highest BCUT2D eigenvalue weighted by molar-refractivity contribution is 7.99. The van der Waals surface area contributed by atoms with Crippen molar-refractivity contribution in [3.05, 3.63) is 59.7 Å². The van der Waals surface area contributed by atoms with Crippen molar-refractivity contribution in [3.63, 3.8) is 0 Å². The second kappa shape index (κ2) is 14.0. The predicted molar refractivity (Wildman–Crippen MR) is 156 cm³/mol. The molecule has 0 aromatic heterocycles. The maximum Gasteiger partial charge on any atom is 0.242 e. The number of hydrogen-bond acceptors (Lipinski definition) is 6. The Morgan fingerprint density at radius 2 is 1.59 bits per heavy atom. The Hall–Kier alpha value is -1.59. The van der Waals surface area contributed by atoms with Gasteiger partial charge in [-0.2, -0.15) is 0 Å². The fourth-order valence-electron chi connectivity index (χ4n) is 4.45. The molecule has 4 rings (SSSR count). The van der Waals surface area contributed by atoms with Crippen LogP contribution in [-0.4, -0.2) is 88.8 Å². The number of piperazine rings is 1. The molecule has 0 radical (unpaired) electrons. The summed E-state index contributed by atoms with van der Waals surface area (Å²) >= 11 is 1.69. The molecule has 11 heteroatoms. The van der Waals surface area contributed by atoms with E-state index in [9.17, 15) is 13.2 Å². The van der Waals surface area contributed by atoms with Crippen molar-refractivity contribution in [1.29, 1.82) is 0 Å². The minimum Gasteiger partial charge on any atom is -0.359 e. The van der Waals surface area contributed by atoms with E-state index in [0.29, 0.717) is 11.3 Å². The SMILES string of the molecule is CNC(=O)CCN1CCN(CC/C=C2/c3ccccc3Sc3ccc(S(=O)(=O)N(C)C)cc32)CC1.Cl.Cl. The molecule has 204 valence electrons. The van der Waals surface area contributed by atoms with Gasteiger partial charge in [-0.05, 0) is 47.4 Å². The molecular weight excluding hydrogens is 551 g/mol. The molecule has 2 heterocycles. The summed E-state index contributed by atoms with van der Waals surface area (Å²) in [5.41, 5.74) is 3.24. The Balaban J connectivity index is 0.00000241. The lowest BCUT2D eigenvalue weighted by atomic mass is 9.96. The average molecular weight is 588 g/mol. The van der Waals surface area contributed by atoms with Crippen LogP contribution in [-0.2, 0) is 14.8 Å². The van der Waals surface area contributed by atoms with Crippen LogP contribution in [0.1, 0.15) is 24.0 Å². The van der Waals surface area contributed by atoms with Crippen molar-refractivity contribution >= 4 is 58.1 Å². The summed E-state index contributed by atoms with van der Waals surface area (Å²) in [5, 5.41) is 2.68. The molecule has 0 atom stereocenters. The quantitative estimate of drug-likeness (QED) is 0.432. The topological polar surface area (TPSA) is 73.0 Å². The van der Waals surface area contributed by atoms with Gasteiger partial charge in [-0.1, -0.05) is 36.0 Å². The molecule has 1 saturated heterocycles. The molecule has 0 bridgehead atoms. The van der Waals surface area contributed by atoms with E-state index in [1.165, 1.54) is 9.20 Å². The van der Waals surface area contributed by atoms with Crippen LogP contribution in [0, 0.1) is 0 Å². The third kappa shape index (κ3) is 7.50. The molecule has 2 aromatic rings. The molecule has 2 aliphatic rings. The van der Waals surface area contributed by atoms with E-state index in [0.717, 1.165) is 67.3 Å². The van der Waals surface area contributed by atoms with E-state index in [2.05, 4.69) is 33.3 Å². The van der Waals surface area contributed by atoms with E-state index >= 15 is 0 Å². The van der Waals surface area contributed by atoms with Crippen molar-refractivity contribution in [2.45, 2.75) is 27.5 Å². The Bertz CT molecular complexity index is 1210. The van der Waals surface area contributed by atoms with E-state index in [1.807, 2.05) is 24.3 Å². The summed E-state index contributed by atoms with van der Waals surface area (Å²) in [6.45, 7) is 5.69. The summed E-state index contributed by atoms with van der Waals surface area (Å²) in [6, 6.07) is 13.8. The molecule has 2 aliphatic heterocycles. The second-order valence-corrected chi connectivity index (χ2v) is 12.3. The first-order chi connectivity index (χ1) is 16.8. The molecule has 1 fully saturated rings. The molecule has 37 heavy (non-hydrogen) atoms. The fraction of sp³-hybridized carbons (Fsp3) is 0.423. The summed E-state index contributed by atoms with van der Waals surface area (Å²) in [4.78, 5) is 18.9. The van der Waals surface area contributed by atoms with Crippen LogP contribution in [0.3, 0.4) is 0 Å². The molecule has 1 amide bonds. The van der Waals surface area contributed by atoms with Crippen LogP contribution < -0.4 is 5.32 Å². The van der Waals surface area contributed by atoms with Crippen molar-refractivity contribution < 1.29 is 13.2 Å². The molecule has 2 aromatic carbocycles. The summed E-state index contributed by atoms with van der Waals surface area (Å²) in [6.07, 6.45) is 3.70. The van der Waals surface area contributed by atoms with Crippen molar-refractivity contribution in [1.82, 2.24) is 19.4 Å². The van der Waals surface area contributed by atoms with Crippen LogP contribution in [0.2, 0.25) is 0 Å². The Morgan fingerprint density at radius 3 is 2.24 bits per heavy atom. The first kappa shape index (κ1) is 31.6. The van der Waals surface area contributed by atoms with Crippen LogP contribution >= 0.6 is 36.6 Å². The zero-order valence-corrected chi connectivity index (χ0v) is 24.7. The van der Waals surface area contributed by atoms with Gasteiger partial charge in [0.15, 0.2) is 0 Å². The summed E-state index contributed by atoms with van der Waals surface area (Å²) < 4.78 is 26.8. The largest absolute Gasteiger partial charge is 0.359 e. The smallest absolute Gasteiger partial charge is 0.242 e. The van der Waals surface area contributed by atoms with Crippen molar-refractivity contribution in [2.24, 2.45) is 0 Å². The third-order valence-electron chi connectivity index (χ3n) is 6.61. The Morgan fingerprint density at radius 1 is 0.973 bits per heavy atom. The first-order valence-corrected chi connectivity index (χ1v) is 14.2. The lowest BCUT2D eigenvalue weighted by Crippen LogP contribution is -2.47. The number of rotatable bonds is 8. The predicted octanol–water partition coefficient (Wildman–Crippen LogP) is 3.82. The highest BCUT2D eigenvalue weighted by Gasteiger charge is 2.25. The number of fused-ring (bicyclic) bond motifs is 2. The maximum atomic E-state index is 12.8. The van der Waals surface area contributed by atoms with Gasteiger partial charge in [0.05, 0.1) is 4.90 Å². The summed E-state index contributed by atoms with van der Waals surface area (Å²) in [5.74, 6) is 0.0896. The van der Waals surface area contributed by atoms with Crippen LogP contribution in [0.4, 0.5) is 0 Å². The first-order valence-electron chi connectivity index (χ1n) is 12.0. The molecule has 0 unspecified atom stereocenters. The van der Waals surface area contributed by atoms with E-state index in [-0.39, 0.29) is 30.7 Å². The minimum atomic E-state index is -3.51. The van der Waals surface area contributed by atoms with Gasteiger partial charge in [-0.25, -0.2) is 12.7 Å². The maximum absolute atomic E-state index is 12.8. The standard InChI is InChI=1S/C26H34N4O3S2.2ClH/c1-27-26(31)12-14-30-17-15-29(16-18-30)13-6-8-21-22-7-4-5-9-24(22)34-25-11-10-20(19-23(21)25)35(32,33)28(2)3;;/h4-5,7-11,19H,6,12-18H2,1-3H3,(H,27,31);2*1H/b21-8-;;. The van der Waals surface area contributed by atoms with Crippen LogP contribution in [0.25, 0.3) is 5.57 Å². The molecular formula is C26H36Cl2N4O3S2. The lowest BCUT2D eigenvalue weighted by Gasteiger charge is -2.34. The van der Waals surface area contributed by atoms with Gasteiger partial charge in [-0.15, -0.1) is 24.8 Å². The number of carbonyl (C=O) groups is 1.